The average molecular weight is 305 g/mol. The van der Waals surface area contributed by atoms with Crippen LogP contribution in [0, 0.1) is 6.92 Å². The highest BCUT2D eigenvalue weighted by Crippen LogP contribution is 2.18. The predicted molar refractivity (Wildman–Crippen MR) is 96.4 cm³/mol. The zero-order chi connectivity index (χ0) is 16.7. The summed E-state index contributed by atoms with van der Waals surface area (Å²) in [6.07, 6.45) is 5.76. The van der Waals surface area contributed by atoms with Crippen molar-refractivity contribution in [2.75, 3.05) is 6.54 Å². The normalized spacial score (nSPS) is 12.1. The lowest BCUT2D eigenvalue weighted by Crippen LogP contribution is -2.25. The highest BCUT2D eigenvalue weighted by Gasteiger charge is 2.12. The molecule has 0 aliphatic heterocycles. The van der Waals surface area contributed by atoms with Gasteiger partial charge in [-0.2, -0.15) is 0 Å². The first-order valence-electron chi connectivity index (χ1n) is 7.89. The lowest BCUT2D eigenvalue weighted by molar-refractivity contribution is 0.0828. The molecule has 0 aromatic heterocycles. The Bertz CT molecular complexity index is 671. The Balaban J connectivity index is 2.15. The predicted octanol–water partition coefficient (Wildman–Crippen LogP) is 4.94. The summed E-state index contributed by atoms with van der Waals surface area (Å²) < 4.78 is 0. The van der Waals surface area contributed by atoms with Crippen LogP contribution in [-0.4, -0.2) is 17.4 Å². The van der Waals surface area contributed by atoms with Gasteiger partial charge < -0.3 is 4.90 Å². The third-order valence-corrected chi connectivity index (χ3v) is 3.81. The highest BCUT2D eigenvalue weighted by molar-refractivity contribution is 5.94. The van der Waals surface area contributed by atoms with Crippen molar-refractivity contribution in [3.8, 4) is 0 Å². The lowest BCUT2D eigenvalue weighted by atomic mass is 9.99. The fraction of sp³-hybridized carbons (Fsp3) is 0.190. The van der Waals surface area contributed by atoms with Gasteiger partial charge in [0.25, 0.3) is 5.91 Å². The van der Waals surface area contributed by atoms with E-state index in [-0.39, 0.29) is 11.8 Å². The molecule has 2 rings (SSSR count). The van der Waals surface area contributed by atoms with Crippen LogP contribution in [-0.2, 0) is 0 Å². The van der Waals surface area contributed by atoms with Crippen molar-refractivity contribution in [2.24, 2.45) is 0 Å². The summed E-state index contributed by atoms with van der Waals surface area (Å²) in [4.78, 5) is 14.3. The fourth-order valence-corrected chi connectivity index (χ4v) is 2.38. The second-order valence-electron chi connectivity index (χ2n) is 5.47. The Kier molecular flexibility index (Phi) is 5.93. The maximum atomic E-state index is 12.6. The third-order valence-electron chi connectivity index (χ3n) is 3.81. The van der Waals surface area contributed by atoms with Crippen molar-refractivity contribution >= 4 is 5.91 Å². The van der Waals surface area contributed by atoms with Crippen molar-refractivity contribution in [3.05, 3.63) is 96.2 Å². The van der Waals surface area contributed by atoms with E-state index in [0.29, 0.717) is 12.1 Å². The molecule has 1 atom stereocenters. The molecule has 0 N–H and O–H groups in total. The van der Waals surface area contributed by atoms with E-state index < -0.39 is 0 Å². The number of carbonyl (C=O) groups is 1. The average Bonchev–Trinajstić information content (AvgIpc) is 2.60. The van der Waals surface area contributed by atoms with E-state index in [2.05, 4.69) is 18.7 Å². The number of nitrogens with zero attached hydrogens (tertiary/aromatic N) is 1. The number of hydrogen-bond acceptors (Lipinski definition) is 1. The molecule has 0 saturated carbocycles. The van der Waals surface area contributed by atoms with Crippen LogP contribution in [0.25, 0.3) is 0 Å². The van der Waals surface area contributed by atoms with Gasteiger partial charge in [0.2, 0.25) is 0 Å². The Labute approximate surface area is 138 Å². The third kappa shape index (κ3) is 4.43. The first-order chi connectivity index (χ1) is 11.2. The molecule has 118 valence electrons. The Morgan fingerprint density at radius 1 is 1.13 bits per heavy atom. The molecule has 0 aliphatic rings. The molecule has 0 bridgehead atoms. The van der Waals surface area contributed by atoms with Gasteiger partial charge in [-0.15, -0.1) is 6.58 Å². The van der Waals surface area contributed by atoms with Gasteiger partial charge in [0, 0.05) is 24.2 Å². The Morgan fingerprint density at radius 2 is 1.78 bits per heavy atom. The summed E-state index contributed by atoms with van der Waals surface area (Å²) in [5.74, 6) is 0.107. The molecular formula is C21H23NO. The number of amides is 1. The number of allylic oxidation sites excluding steroid dienone is 2. The summed E-state index contributed by atoms with van der Waals surface area (Å²) in [6.45, 7) is 8.51. The van der Waals surface area contributed by atoms with Gasteiger partial charge in [0.05, 0.1) is 0 Å². The molecule has 2 aromatic carbocycles. The van der Waals surface area contributed by atoms with Crippen molar-refractivity contribution in [1.29, 1.82) is 0 Å². The topological polar surface area (TPSA) is 20.3 Å². The molecule has 0 spiro atoms. The summed E-state index contributed by atoms with van der Waals surface area (Å²) in [5.41, 5.74) is 3.02. The van der Waals surface area contributed by atoms with Crippen LogP contribution in [0.15, 0.2) is 79.5 Å². The summed E-state index contributed by atoms with van der Waals surface area (Å²) in [5, 5.41) is 0. The molecular weight excluding hydrogens is 282 g/mol. The van der Waals surface area contributed by atoms with Crippen molar-refractivity contribution < 1.29 is 4.79 Å². The minimum absolute atomic E-state index is 0.0135. The molecule has 2 nitrogen and oxygen atoms in total. The van der Waals surface area contributed by atoms with Crippen LogP contribution < -0.4 is 0 Å². The van der Waals surface area contributed by atoms with E-state index in [1.807, 2.05) is 74.7 Å². The molecule has 2 heteroatoms. The smallest absolute Gasteiger partial charge is 0.257 e. The molecule has 2 aromatic rings. The van der Waals surface area contributed by atoms with Crippen LogP contribution >= 0.6 is 0 Å². The zero-order valence-electron chi connectivity index (χ0n) is 13.8. The van der Waals surface area contributed by atoms with Gasteiger partial charge in [-0.25, -0.2) is 0 Å². The largest absolute Gasteiger partial charge is 0.316 e. The Morgan fingerprint density at radius 3 is 2.35 bits per heavy atom. The van der Waals surface area contributed by atoms with Gasteiger partial charge >= 0.3 is 0 Å². The highest BCUT2D eigenvalue weighted by atomic mass is 16.2. The molecule has 0 fully saturated rings. The number of aryl methyl sites for hydroxylation is 1. The Hall–Kier alpha value is -2.61. The maximum absolute atomic E-state index is 12.6. The summed E-state index contributed by atoms with van der Waals surface area (Å²) >= 11 is 0. The van der Waals surface area contributed by atoms with Gasteiger partial charge in [-0.3, -0.25) is 4.79 Å². The van der Waals surface area contributed by atoms with E-state index in [1.54, 1.807) is 4.90 Å². The first-order valence-corrected chi connectivity index (χ1v) is 7.89. The minimum atomic E-state index is 0.0135. The maximum Gasteiger partial charge on any atom is 0.257 e. The number of hydrogen-bond donors (Lipinski definition) is 0. The quantitative estimate of drug-likeness (QED) is 0.692. The molecule has 0 saturated heterocycles. The van der Waals surface area contributed by atoms with E-state index in [0.717, 1.165) is 11.1 Å². The van der Waals surface area contributed by atoms with E-state index in [9.17, 15) is 4.79 Å². The SMILES string of the molecule is C=CC(/C=C/N(CC)C(=O)c1ccc(C)cc1)c1ccccc1. The molecule has 1 unspecified atom stereocenters. The zero-order valence-corrected chi connectivity index (χ0v) is 13.8. The second kappa shape index (κ2) is 8.14. The first kappa shape index (κ1) is 16.8. The molecule has 0 radical (unpaired) electrons. The van der Waals surface area contributed by atoms with Gasteiger partial charge in [-0.1, -0.05) is 60.2 Å². The van der Waals surface area contributed by atoms with Crippen LogP contribution in [0.3, 0.4) is 0 Å². The molecule has 1 amide bonds. The summed E-state index contributed by atoms with van der Waals surface area (Å²) in [6, 6.07) is 17.8. The van der Waals surface area contributed by atoms with Gasteiger partial charge in [0.15, 0.2) is 0 Å². The van der Waals surface area contributed by atoms with Crippen LogP contribution in [0.5, 0.6) is 0 Å². The fourth-order valence-electron chi connectivity index (χ4n) is 2.38. The number of carbonyl (C=O) groups excluding carboxylic acids is 1. The van der Waals surface area contributed by atoms with E-state index in [4.69, 9.17) is 0 Å². The van der Waals surface area contributed by atoms with Crippen LogP contribution in [0.1, 0.15) is 34.3 Å². The standard InChI is InChI=1S/C21H23NO/c1-4-18(19-9-7-6-8-10-19)15-16-22(5-2)21(23)20-13-11-17(3)12-14-20/h4,6-16,18H,1,5H2,2-3H3/b16-15+. The van der Waals surface area contributed by atoms with Crippen LogP contribution in [0.2, 0.25) is 0 Å². The van der Waals surface area contributed by atoms with Gasteiger partial charge in [-0.05, 0) is 31.5 Å². The van der Waals surface area contributed by atoms with E-state index >= 15 is 0 Å². The molecule has 0 heterocycles. The lowest BCUT2D eigenvalue weighted by Gasteiger charge is -2.17. The monoisotopic (exact) mass is 305 g/mol. The van der Waals surface area contributed by atoms with E-state index in [1.165, 1.54) is 0 Å². The van der Waals surface area contributed by atoms with Gasteiger partial charge in [0.1, 0.15) is 0 Å². The minimum Gasteiger partial charge on any atom is -0.316 e. The molecule has 0 aliphatic carbocycles. The van der Waals surface area contributed by atoms with Crippen molar-refractivity contribution in [3.63, 3.8) is 0 Å². The summed E-state index contributed by atoms with van der Waals surface area (Å²) in [7, 11) is 0. The number of rotatable bonds is 6. The van der Waals surface area contributed by atoms with Crippen molar-refractivity contribution in [1.82, 2.24) is 4.90 Å². The van der Waals surface area contributed by atoms with Crippen LogP contribution in [0.4, 0.5) is 0 Å². The van der Waals surface area contributed by atoms with Crippen molar-refractivity contribution in [2.45, 2.75) is 19.8 Å². The second-order valence-corrected chi connectivity index (χ2v) is 5.47. The number of benzene rings is 2. The molecule has 23 heavy (non-hydrogen) atoms.